The Morgan fingerprint density at radius 2 is 1.70 bits per heavy atom. The van der Waals surface area contributed by atoms with Gasteiger partial charge in [0.25, 0.3) is 0 Å². The second kappa shape index (κ2) is 13.0. The Balaban J connectivity index is 1.09. The molecular formula is C36H58O10. The number of hydrogen-bond donors (Lipinski definition) is 3. The van der Waals surface area contributed by atoms with Gasteiger partial charge in [-0.2, -0.15) is 0 Å². The predicted octanol–water partition coefficient (Wildman–Crippen LogP) is 4.41. The first-order valence-electron chi connectivity index (χ1n) is 17.8. The highest BCUT2D eigenvalue weighted by molar-refractivity contribution is 5.66. The average Bonchev–Trinajstić information content (AvgIpc) is 3.28. The van der Waals surface area contributed by atoms with Gasteiger partial charge >= 0.3 is 5.97 Å². The molecule has 0 amide bonds. The van der Waals surface area contributed by atoms with Gasteiger partial charge in [0.15, 0.2) is 12.6 Å². The van der Waals surface area contributed by atoms with Crippen LogP contribution in [-0.2, 0) is 33.2 Å². The van der Waals surface area contributed by atoms with Gasteiger partial charge in [0.05, 0.1) is 36.1 Å². The Morgan fingerprint density at radius 1 is 0.978 bits per heavy atom. The topological polar surface area (TPSA) is 133 Å². The van der Waals surface area contributed by atoms with E-state index in [2.05, 4.69) is 19.9 Å². The van der Waals surface area contributed by atoms with Crippen molar-refractivity contribution >= 4 is 5.97 Å². The number of esters is 1. The monoisotopic (exact) mass is 650 g/mol. The van der Waals surface area contributed by atoms with Crippen LogP contribution in [0.3, 0.4) is 0 Å². The Morgan fingerprint density at radius 3 is 2.39 bits per heavy atom. The molecule has 3 N–H and O–H groups in total. The van der Waals surface area contributed by atoms with Gasteiger partial charge in [-0.3, -0.25) is 4.79 Å². The summed E-state index contributed by atoms with van der Waals surface area (Å²) in [5, 5.41) is 32.7. The van der Waals surface area contributed by atoms with Gasteiger partial charge in [0.1, 0.15) is 18.3 Å². The summed E-state index contributed by atoms with van der Waals surface area (Å²) < 4.78 is 36.5. The molecule has 5 fully saturated rings. The number of aliphatic hydroxyl groups excluding tert-OH is 2. The first kappa shape index (κ1) is 34.7. The molecule has 3 saturated carbocycles. The van der Waals surface area contributed by atoms with Crippen LogP contribution < -0.4 is 0 Å². The number of aliphatic hydroxyl groups is 3. The zero-order valence-electron chi connectivity index (χ0n) is 28.9. The van der Waals surface area contributed by atoms with Crippen molar-refractivity contribution in [3.05, 3.63) is 11.6 Å². The maximum absolute atomic E-state index is 12.5. The molecule has 10 nitrogen and oxygen atoms in total. The van der Waals surface area contributed by atoms with E-state index >= 15 is 0 Å². The second-order valence-electron chi connectivity index (χ2n) is 15.9. The van der Waals surface area contributed by atoms with Gasteiger partial charge < -0.3 is 43.7 Å². The molecule has 2 saturated heterocycles. The molecule has 6 aliphatic rings. The minimum absolute atomic E-state index is 0.0312. The zero-order valence-corrected chi connectivity index (χ0v) is 28.9. The lowest BCUT2D eigenvalue weighted by Crippen LogP contribution is -2.61. The van der Waals surface area contributed by atoms with Crippen LogP contribution in [-0.4, -0.2) is 95.4 Å². The van der Waals surface area contributed by atoms with Crippen molar-refractivity contribution in [3.63, 3.8) is 0 Å². The largest absolute Gasteiger partial charge is 0.463 e. The van der Waals surface area contributed by atoms with E-state index in [0.29, 0.717) is 12.3 Å². The van der Waals surface area contributed by atoms with Crippen molar-refractivity contribution in [1.29, 1.82) is 0 Å². The van der Waals surface area contributed by atoms with Crippen molar-refractivity contribution in [2.24, 2.45) is 28.6 Å². The van der Waals surface area contributed by atoms with Crippen molar-refractivity contribution in [3.8, 4) is 0 Å². The second-order valence-corrected chi connectivity index (χ2v) is 15.9. The van der Waals surface area contributed by atoms with Gasteiger partial charge in [0, 0.05) is 38.2 Å². The van der Waals surface area contributed by atoms with Gasteiger partial charge in [-0.15, -0.1) is 0 Å². The van der Waals surface area contributed by atoms with Gasteiger partial charge in [-0.05, 0) is 89.4 Å². The summed E-state index contributed by atoms with van der Waals surface area (Å²) in [5.41, 5.74) is 0.467. The van der Waals surface area contributed by atoms with Crippen molar-refractivity contribution < 1.29 is 48.5 Å². The highest BCUT2D eigenvalue weighted by atomic mass is 16.7. The lowest BCUT2D eigenvalue weighted by Gasteiger charge is -2.61. The molecule has 10 heteroatoms. The summed E-state index contributed by atoms with van der Waals surface area (Å²) in [6.45, 7) is 11.8. The van der Waals surface area contributed by atoms with Crippen molar-refractivity contribution in [2.45, 2.75) is 173 Å². The summed E-state index contributed by atoms with van der Waals surface area (Å²) in [7, 11) is 1.67. The molecular weight excluding hydrogens is 592 g/mol. The van der Waals surface area contributed by atoms with Crippen LogP contribution in [0.25, 0.3) is 0 Å². The van der Waals surface area contributed by atoms with Crippen LogP contribution in [0.15, 0.2) is 11.6 Å². The number of fused-ring (bicyclic) bond motifs is 5. The Kier molecular flexibility index (Phi) is 9.80. The molecule has 0 aromatic carbocycles. The predicted molar refractivity (Wildman–Crippen MR) is 168 cm³/mol. The fourth-order valence-electron chi connectivity index (χ4n) is 10.9. The van der Waals surface area contributed by atoms with E-state index in [1.165, 1.54) is 12.5 Å². The number of carbonyl (C=O) groups is 1. The summed E-state index contributed by atoms with van der Waals surface area (Å²) in [6.07, 6.45) is 5.91. The van der Waals surface area contributed by atoms with E-state index < -0.39 is 42.6 Å². The van der Waals surface area contributed by atoms with Crippen LogP contribution in [0.5, 0.6) is 0 Å². The lowest BCUT2D eigenvalue weighted by molar-refractivity contribution is -0.318. The van der Waals surface area contributed by atoms with E-state index in [1.807, 2.05) is 13.8 Å². The quantitative estimate of drug-likeness (QED) is 0.269. The van der Waals surface area contributed by atoms with E-state index in [4.69, 9.17) is 28.4 Å². The van der Waals surface area contributed by atoms with E-state index in [-0.39, 0.29) is 59.5 Å². The third-order valence-corrected chi connectivity index (χ3v) is 13.5. The van der Waals surface area contributed by atoms with Crippen LogP contribution in [0.4, 0.5) is 0 Å². The average molecular weight is 651 g/mol. The van der Waals surface area contributed by atoms with Crippen molar-refractivity contribution in [1.82, 2.24) is 0 Å². The molecule has 4 aliphatic carbocycles. The standard InChI is InChI=1S/C36H58O10/c1-19(42-22(4)37)25-12-15-36(40)27-9-8-23-16-24(10-13-34(23,5)26(27)11-14-35(25,36)6)45-31-18-29(41-7)33(21(3)44-31)46-30-17-28(38)32(39)20(2)43-30/h8,19-21,24-33,38-40H,9-18H2,1-7H3/t19?,20-,21-,24?,25-,26+,27-,28+,29-,30+,31-,32-,33-,34+,35-,36-/m1/s1. The molecule has 0 bridgehead atoms. The highest BCUT2D eigenvalue weighted by Gasteiger charge is 2.67. The molecule has 0 aromatic rings. The van der Waals surface area contributed by atoms with Crippen LogP contribution in [0.1, 0.15) is 106 Å². The molecule has 0 radical (unpaired) electrons. The number of ether oxygens (including phenoxy) is 6. The maximum atomic E-state index is 12.5. The van der Waals surface area contributed by atoms with Crippen LogP contribution >= 0.6 is 0 Å². The lowest BCUT2D eigenvalue weighted by atomic mass is 9.45. The Hall–Kier alpha value is -1.11. The molecule has 2 unspecified atom stereocenters. The summed E-state index contributed by atoms with van der Waals surface area (Å²) in [5.74, 6) is 0.540. The van der Waals surface area contributed by atoms with Crippen LogP contribution in [0, 0.1) is 28.6 Å². The first-order valence-corrected chi connectivity index (χ1v) is 17.8. The third-order valence-electron chi connectivity index (χ3n) is 13.5. The third kappa shape index (κ3) is 5.91. The molecule has 6 rings (SSSR count). The Bertz CT molecular complexity index is 1130. The molecule has 262 valence electrons. The molecule has 0 spiro atoms. The summed E-state index contributed by atoms with van der Waals surface area (Å²) >= 11 is 0. The fraction of sp³-hybridized carbons (Fsp3) is 0.917. The SMILES string of the molecule is CO[C@@H]1C[C@@H](OC2CC[C@@]3(C)C(=CC[C@@H]4[C@@H]3CC[C@]3(C)[C@@H](C(C)OC(C)=O)CC[C@@]43O)C2)O[C@H](C)[C@H]1O[C@H]1C[C@H](O)[C@H](O)[C@@H](C)O1. The molecule has 16 atom stereocenters. The van der Waals surface area contributed by atoms with Crippen LogP contribution in [0.2, 0.25) is 0 Å². The number of allylic oxidation sites excluding steroid dienone is 1. The van der Waals surface area contributed by atoms with Crippen molar-refractivity contribution in [2.75, 3.05) is 7.11 Å². The molecule has 0 aromatic heterocycles. The summed E-state index contributed by atoms with van der Waals surface area (Å²) in [6, 6.07) is 0. The molecule has 46 heavy (non-hydrogen) atoms. The molecule has 2 heterocycles. The number of methoxy groups -OCH3 is 1. The number of hydrogen-bond acceptors (Lipinski definition) is 10. The zero-order chi connectivity index (χ0) is 33.2. The minimum Gasteiger partial charge on any atom is -0.463 e. The number of rotatable bonds is 7. The smallest absolute Gasteiger partial charge is 0.302 e. The van der Waals surface area contributed by atoms with Gasteiger partial charge in [-0.25, -0.2) is 0 Å². The van der Waals surface area contributed by atoms with E-state index in [0.717, 1.165) is 51.4 Å². The summed E-state index contributed by atoms with van der Waals surface area (Å²) in [4.78, 5) is 11.8. The fourth-order valence-corrected chi connectivity index (χ4v) is 10.9. The molecule has 2 aliphatic heterocycles. The normalized spacial score (nSPS) is 51.3. The maximum Gasteiger partial charge on any atom is 0.302 e. The Labute approximate surface area is 274 Å². The van der Waals surface area contributed by atoms with Gasteiger partial charge in [-0.1, -0.05) is 25.5 Å². The van der Waals surface area contributed by atoms with Gasteiger partial charge in [0.2, 0.25) is 0 Å². The van der Waals surface area contributed by atoms with E-state index in [1.54, 1.807) is 14.0 Å². The number of carbonyl (C=O) groups excluding carboxylic acids is 1. The first-order chi connectivity index (χ1) is 21.7. The minimum atomic E-state index is -0.931. The van der Waals surface area contributed by atoms with E-state index in [9.17, 15) is 20.1 Å². The highest BCUT2D eigenvalue weighted by Crippen LogP contribution is 2.68.